The predicted molar refractivity (Wildman–Crippen MR) is 488 cm³/mol. The van der Waals surface area contributed by atoms with Crippen molar-refractivity contribution in [3.8, 4) is 100 Å². The van der Waals surface area contributed by atoms with Crippen molar-refractivity contribution >= 4 is 71.5 Å². The van der Waals surface area contributed by atoms with Crippen LogP contribution in [-0.2, 0) is 10.8 Å². The maximum Gasteiger partial charge on any atom is 0.0464 e. The summed E-state index contributed by atoms with van der Waals surface area (Å²) in [5.41, 5.74) is 32.1. The lowest BCUT2D eigenvalue weighted by Gasteiger charge is -2.34. The zero-order chi connectivity index (χ0) is 76.9. The summed E-state index contributed by atoms with van der Waals surface area (Å²) >= 11 is 0. The second kappa shape index (κ2) is 29.7. The molecule has 1 unspecified atom stereocenters. The van der Waals surface area contributed by atoms with Crippen LogP contribution >= 0.6 is 0 Å². The lowest BCUT2D eigenvalue weighted by atomic mass is 9.74. The van der Waals surface area contributed by atoms with E-state index in [-0.39, 0.29) is 10.8 Å². The van der Waals surface area contributed by atoms with E-state index in [2.05, 4.69) is 463 Å². The number of aryl methyl sites for hydroxylation is 1. The molecule has 544 valence electrons. The summed E-state index contributed by atoms with van der Waals surface area (Å²) in [6.07, 6.45) is 8.07. The molecule has 0 N–H and O–H groups in total. The third kappa shape index (κ3) is 13.8. The first-order chi connectivity index (χ1) is 55.9. The van der Waals surface area contributed by atoms with Gasteiger partial charge in [-0.2, -0.15) is 0 Å². The largest absolute Gasteiger partial charge is 0.311 e. The first kappa shape index (κ1) is 70.5. The number of allylic oxidation sites excluding steroid dienone is 3. The fourth-order valence-electron chi connectivity index (χ4n) is 17.2. The maximum atomic E-state index is 2.43. The minimum atomic E-state index is -0.138. The molecule has 1 atom stereocenters. The van der Waals surface area contributed by atoms with Crippen molar-refractivity contribution in [2.45, 2.75) is 51.9 Å². The highest BCUT2D eigenvalue weighted by Crippen LogP contribution is 2.45. The van der Waals surface area contributed by atoms with Gasteiger partial charge in [0, 0.05) is 39.5 Å². The minimum Gasteiger partial charge on any atom is -0.311 e. The number of hydrogen-bond acceptors (Lipinski definition) is 2. The second-order valence-electron chi connectivity index (χ2n) is 31.9. The van der Waals surface area contributed by atoms with Gasteiger partial charge in [-0.25, -0.2) is 0 Å². The highest BCUT2D eigenvalue weighted by molar-refractivity contribution is 6.04. The Morgan fingerprint density at radius 1 is 0.254 bits per heavy atom. The molecule has 0 fully saturated rings. The summed E-state index contributed by atoms with van der Waals surface area (Å²) in [4.78, 5) is 4.81. The molecule has 0 saturated heterocycles. The summed E-state index contributed by atoms with van der Waals surface area (Å²) in [7, 11) is 0. The van der Waals surface area contributed by atoms with Gasteiger partial charge in [-0.1, -0.05) is 367 Å². The first-order valence-electron chi connectivity index (χ1n) is 39.9. The lowest BCUT2D eigenvalue weighted by molar-refractivity contribution is 0.571. The molecular formula is C112H86N2. The van der Waals surface area contributed by atoms with Gasteiger partial charge in [0.1, 0.15) is 0 Å². The first-order valence-corrected chi connectivity index (χ1v) is 39.9. The number of benzene rings is 18. The van der Waals surface area contributed by atoms with Gasteiger partial charge in [-0.05, 0) is 258 Å². The van der Waals surface area contributed by atoms with Gasteiger partial charge < -0.3 is 9.80 Å². The minimum absolute atomic E-state index is 0.0648. The van der Waals surface area contributed by atoms with Crippen LogP contribution in [0.1, 0.15) is 50.8 Å². The summed E-state index contributed by atoms with van der Waals surface area (Å²) in [6, 6.07) is 148. The predicted octanol–water partition coefficient (Wildman–Crippen LogP) is 31.3. The smallest absolute Gasteiger partial charge is 0.0464 e. The molecule has 18 aromatic rings. The van der Waals surface area contributed by atoms with Crippen LogP contribution in [0.25, 0.3) is 143 Å². The zero-order valence-electron chi connectivity index (χ0n) is 64.9. The van der Waals surface area contributed by atoms with Crippen molar-refractivity contribution in [2.24, 2.45) is 0 Å². The maximum absolute atomic E-state index is 2.43. The van der Waals surface area contributed by atoms with Gasteiger partial charge in [-0.3, -0.25) is 0 Å². The van der Waals surface area contributed by atoms with Crippen molar-refractivity contribution in [1.29, 1.82) is 0 Å². The van der Waals surface area contributed by atoms with Gasteiger partial charge >= 0.3 is 0 Å². The molecule has 0 aliphatic heterocycles. The normalized spacial score (nSPS) is 13.5. The number of fused-ring (bicyclic) bond motifs is 4. The molecule has 1 aliphatic rings. The number of rotatable bonds is 16. The molecule has 0 amide bonds. The third-order valence-electron chi connectivity index (χ3n) is 23.6. The highest BCUT2D eigenvalue weighted by atomic mass is 15.2. The Morgan fingerprint density at radius 2 is 0.623 bits per heavy atom. The molecule has 0 saturated carbocycles. The molecule has 0 spiro atoms. The molecule has 114 heavy (non-hydrogen) atoms. The van der Waals surface area contributed by atoms with E-state index < -0.39 is 0 Å². The molecule has 2 nitrogen and oxygen atoms in total. The third-order valence-corrected chi connectivity index (χ3v) is 23.6. The quantitative estimate of drug-likeness (QED) is 0.0951. The van der Waals surface area contributed by atoms with E-state index in [0.29, 0.717) is 0 Å². The van der Waals surface area contributed by atoms with Crippen LogP contribution in [0.4, 0.5) is 28.4 Å². The van der Waals surface area contributed by atoms with Crippen molar-refractivity contribution in [1.82, 2.24) is 0 Å². The molecule has 1 aliphatic carbocycles. The molecule has 18 aromatic carbocycles. The van der Waals surface area contributed by atoms with Crippen molar-refractivity contribution < 1.29 is 0 Å². The average Bonchev–Trinajstić information content (AvgIpc) is 0.767. The second-order valence-corrected chi connectivity index (χ2v) is 31.9. The lowest BCUT2D eigenvalue weighted by Crippen LogP contribution is -2.25. The van der Waals surface area contributed by atoms with E-state index in [4.69, 9.17) is 0 Å². The molecule has 19 rings (SSSR count). The number of hydrogen-bond donors (Lipinski definition) is 0. The summed E-state index contributed by atoms with van der Waals surface area (Å²) in [5.74, 6) is 0. The SMILES string of the molecule is Cc1cc(N(c2ccc(-c3ccccc3)cc2)c2ccc(-c3ccc(-c4cccc5ccccc45)cc3)cc2)ccc1-c1cccc2ccc(-c3ccc4c(-c5ccc(-c6ccc(N(C7=CCC(C)(c8cccc(C(C)(C)C)c8)C=C7)c7ccc(-c8ccc(-c9cccc%10ccccc9%10)cc8)cc7)cc6)cc5)cccc4c3)cc12. The van der Waals surface area contributed by atoms with Crippen LogP contribution in [0.3, 0.4) is 0 Å². The van der Waals surface area contributed by atoms with Gasteiger partial charge in [-0.15, -0.1) is 0 Å². The molecule has 0 radical (unpaired) electrons. The Morgan fingerprint density at radius 3 is 1.10 bits per heavy atom. The van der Waals surface area contributed by atoms with Crippen molar-refractivity contribution in [3.05, 3.63) is 441 Å². The Bertz CT molecular complexity index is 6670. The summed E-state index contributed by atoms with van der Waals surface area (Å²) in [6.45, 7) is 11.5. The highest BCUT2D eigenvalue weighted by Gasteiger charge is 2.29. The van der Waals surface area contributed by atoms with Gasteiger partial charge in [0.05, 0.1) is 0 Å². The van der Waals surface area contributed by atoms with Crippen LogP contribution in [0.2, 0.25) is 0 Å². The van der Waals surface area contributed by atoms with Gasteiger partial charge in [0.15, 0.2) is 0 Å². The van der Waals surface area contributed by atoms with Crippen molar-refractivity contribution in [2.75, 3.05) is 9.80 Å². The van der Waals surface area contributed by atoms with Crippen LogP contribution < -0.4 is 9.80 Å². The topological polar surface area (TPSA) is 6.48 Å². The van der Waals surface area contributed by atoms with Gasteiger partial charge in [0.25, 0.3) is 0 Å². The van der Waals surface area contributed by atoms with Crippen LogP contribution in [0, 0.1) is 6.92 Å². The van der Waals surface area contributed by atoms with E-state index >= 15 is 0 Å². The molecule has 0 heterocycles. The summed E-state index contributed by atoms with van der Waals surface area (Å²) in [5, 5.41) is 9.90. The Hall–Kier alpha value is -13.9. The van der Waals surface area contributed by atoms with Crippen molar-refractivity contribution in [3.63, 3.8) is 0 Å². The monoisotopic (exact) mass is 1460 g/mol. The molecule has 0 bridgehead atoms. The van der Waals surface area contributed by atoms with E-state index in [9.17, 15) is 0 Å². The molecule has 0 aromatic heterocycles. The van der Waals surface area contributed by atoms with Crippen LogP contribution in [-0.4, -0.2) is 0 Å². The fourth-order valence-corrected chi connectivity index (χ4v) is 17.2. The Labute approximate surface area is 669 Å². The molecule has 2 heteroatoms. The number of nitrogens with zero attached hydrogens (tertiary/aromatic N) is 2. The van der Waals surface area contributed by atoms with Gasteiger partial charge in [0.2, 0.25) is 0 Å². The number of anilines is 5. The molecular weight excluding hydrogens is 1370 g/mol. The fraction of sp³-hybridized carbons (Fsp3) is 0.0714. The van der Waals surface area contributed by atoms with Crippen LogP contribution in [0.15, 0.2) is 424 Å². The summed E-state index contributed by atoms with van der Waals surface area (Å²) < 4.78 is 0. The van der Waals surface area contributed by atoms with E-state index in [1.165, 1.54) is 160 Å². The standard InChI is InChI=1S/C112H86N2/c1-76-72-101(114(98-61-48-81(49-62-98)77-18-7-6-8-19-77)99-63-54-84(55-64-99)79-36-42-89(43-37-79)106-31-14-23-86-21-10-12-29-104(86)106)65-67-102(76)109-33-15-24-87-46-47-92(74-110(87)109)91-56-66-108-93(73-91)25-16-32-107(108)90-44-38-80(39-45-90)83-52-59-97(60-53-83)113(100-68-70-112(5,71-69-100)95-27-17-26-94(75-95)111(2,3)4)96-57-50-82(51-58-96)78-34-40-88(41-35-78)105-30-13-22-85-20-9-11-28-103(85)105/h6-70,72-75H,71H2,1-5H3. The van der Waals surface area contributed by atoms with E-state index in [1.807, 2.05) is 0 Å². The van der Waals surface area contributed by atoms with E-state index in [0.717, 1.165) is 40.6 Å². The zero-order valence-corrected chi connectivity index (χ0v) is 64.9. The van der Waals surface area contributed by atoms with Crippen LogP contribution in [0.5, 0.6) is 0 Å². The average molecular weight is 1460 g/mol. The Kier molecular flexibility index (Phi) is 18.4. The van der Waals surface area contributed by atoms with E-state index in [1.54, 1.807) is 0 Å². The Balaban J connectivity index is 0.580.